The lowest BCUT2D eigenvalue weighted by atomic mass is 10.2. The van der Waals surface area contributed by atoms with Crippen molar-refractivity contribution in [3.8, 4) is 5.75 Å². The van der Waals surface area contributed by atoms with Gasteiger partial charge in [-0.25, -0.2) is 4.98 Å². The van der Waals surface area contributed by atoms with Crippen LogP contribution in [0.25, 0.3) is 6.08 Å². The highest BCUT2D eigenvalue weighted by Crippen LogP contribution is 2.16. The van der Waals surface area contributed by atoms with E-state index in [-0.39, 0.29) is 12.0 Å². The van der Waals surface area contributed by atoms with E-state index in [1.807, 2.05) is 0 Å². The zero-order valence-corrected chi connectivity index (χ0v) is 13.6. The summed E-state index contributed by atoms with van der Waals surface area (Å²) in [5, 5.41) is 0.512. The monoisotopic (exact) mass is 348 g/mol. The zero-order chi connectivity index (χ0) is 16.8. The van der Waals surface area contributed by atoms with Gasteiger partial charge in [0.15, 0.2) is 0 Å². The van der Waals surface area contributed by atoms with Crippen molar-refractivity contribution in [1.29, 1.82) is 0 Å². The number of amides is 1. The Morgan fingerprint density at radius 1 is 1.46 bits per heavy atom. The van der Waals surface area contributed by atoms with Gasteiger partial charge in [0, 0.05) is 24.9 Å². The third-order valence-electron chi connectivity index (χ3n) is 3.49. The number of aromatic amines is 1. The average molecular weight is 349 g/mol. The van der Waals surface area contributed by atoms with Crippen LogP contribution in [-0.4, -0.2) is 58.2 Å². The molecule has 126 valence electrons. The molecule has 3 heterocycles. The van der Waals surface area contributed by atoms with Crippen LogP contribution in [0.1, 0.15) is 5.69 Å². The van der Waals surface area contributed by atoms with E-state index in [9.17, 15) is 4.79 Å². The second-order valence-electron chi connectivity index (χ2n) is 5.27. The molecule has 7 nitrogen and oxygen atoms in total. The Labute approximate surface area is 144 Å². The summed E-state index contributed by atoms with van der Waals surface area (Å²) < 4.78 is 11.3. The predicted octanol–water partition coefficient (Wildman–Crippen LogP) is 1.78. The molecule has 1 atom stereocenters. The molecule has 0 bridgehead atoms. The maximum atomic E-state index is 12.2. The normalized spacial score (nSPS) is 18.0. The van der Waals surface area contributed by atoms with Gasteiger partial charge in [0.25, 0.3) is 0 Å². The molecule has 8 heteroatoms. The number of nitrogens with zero attached hydrogens (tertiary/aromatic N) is 3. The Balaban J connectivity index is 1.51. The van der Waals surface area contributed by atoms with E-state index in [0.29, 0.717) is 37.1 Å². The van der Waals surface area contributed by atoms with Crippen molar-refractivity contribution in [2.75, 3.05) is 26.3 Å². The summed E-state index contributed by atoms with van der Waals surface area (Å²) in [6.45, 7) is 1.84. The largest absolute Gasteiger partial charge is 0.489 e. The number of rotatable bonds is 5. The van der Waals surface area contributed by atoms with E-state index in [0.717, 1.165) is 5.69 Å². The molecule has 24 heavy (non-hydrogen) atoms. The summed E-state index contributed by atoms with van der Waals surface area (Å²) >= 11 is 5.87. The summed E-state index contributed by atoms with van der Waals surface area (Å²) in [5.41, 5.74) is 0.782. The van der Waals surface area contributed by atoms with Crippen molar-refractivity contribution in [2.24, 2.45) is 0 Å². The zero-order valence-electron chi connectivity index (χ0n) is 12.9. The van der Waals surface area contributed by atoms with Gasteiger partial charge in [-0.2, -0.15) is 0 Å². The SMILES string of the molecule is O=C(C=Cc1cnc[nH]1)N1CCOC(COc2cncc(Cl)c2)C1. The number of aromatic nitrogens is 3. The number of carbonyl (C=O) groups excluding carboxylic acids is 1. The first-order chi connectivity index (χ1) is 11.7. The first-order valence-corrected chi connectivity index (χ1v) is 7.89. The third-order valence-corrected chi connectivity index (χ3v) is 3.70. The van der Waals surface area contributed by atoms with Gasteiger partial charge in [0.2, 0.25) is 5.91 Å². The van der Waals surface area contributed by atoms with Crippen LogP contribution in [0.3, 0.4) is 0 Å². The van der Waals surface area contributed by atoms with Crippen molar-refractivity contribution in [1.82, 2.24) is 19.9 Å². The summed E-state index contributed by atoms with van der Waals surface area (Å²) in [4.78, 5) is 24.8. The number of hydrogen-bond donors (Lipinski definition) is 1. The van der Waals surface area contributed by atoms with Gasteiger partial charge in [-0.05, 0) is 6.08 Å². The van der Waals surface area contributed by atoms with Crippen LogP contribution in [0, 0.1) is 0 Å². The van der Waals surface area contributed by atoms with E-state index in [1.54, 1.807) is 35.8 Å². The Kier molecular flexibility index (Phi) is 5.45. The van der Waals surface area contributed by atoms with Crippen molar-refractivity contribution in [3.63, 3.8) is 0 Å². The molecule has 0 spiro atoms. The Morgan fingerprint density at radius 3 is 3.17 bits per heavy atom. The molecule has 1 saturated heterocycles. The maximum Gasteiger partial charge on any atom is 0.246 e. The van der Waals surface area contributed by atoms with E-state index in [4.69, 9.17) is 21.1 Å². The Morgan fingerprint density at radius 2 is 2.38 bits per heavy atom. The highest BCUT2D eigenvalue weighted by Gasteiger charge is 2.23. The molecular formula is C16H17ClN4O3. The standard InChI is InChI=1S/C16H17ClN4O3/c17-12-5-14(8-18-6-12)24-10-15-9-21(3-4-23-15)16(22)2-1-13-7-19-11-20-13/h1-2,5-8,11,15H,3-4,9-10H2,(H,19,20). The van der Waals surface area contributed by atoms with Crippen molar-refractivity contribution < 1.29 is 14.3 Å². The second-order valence-corrected chi connectivity index (χ2v) is 5.70. The number of hydrogen-bond acceptors (Lipinski definition) is 5. The van der Waals surface area contributed by atoms with Gasteiger partial charge in [-0.15, -0.1) is 0 Å². The molecule has 1 amide bonds. The molecule has 0 radical (unpaired) electrons. The molecule has 2 aromatic rings. The molecule has 3 rings (SSSR count). The fourth-order valence-corrected chi connectivity index (χ4v) is 2.47. The highest BCUT2D eigenvalue weighted by atomic mass is 35.5. The third kappa shape index (κ3) is 4.56. The molecule has 0 aliphatic carbocycles. The predicted molar refractivity (Wildman–Crippen MR) is 88.7 cm³/mol. The lowest BCUT2D eigenvalue weighted by Gasteiger charge is -2.32. The topological polar surface area (TPSA) is 80.3 Å². The molecule has 1 aliphatic rings. The van der Waals surface area contributed by atoms with Crippen LogP contribution in [-0.2, 0) is 9.53 Å². The summed E-state index contributed by atoms with van der Waals surface area (Å²) in [7, 11) is 0. The van der Waals surface area contributed by atoms with Crippen LogP contribution >= 0.6 is 11.6 Å². The lowest BCUT2D eigenvalue weighted by molar-refractivity contribution is -0.134. The number of ether oxygens (including phenoxy) is 2. The molecule has 2 aromatic heterocycles. The van der Waals surface area contributed by atoms with E-state index < -0.39 is 0 Å². The average Bonchev–Trinajstić information content (AvgIpc) is 3.12. The summed E-state index contributed by atoms with van der Waals surface area (Å²) in [6.07, 6.45) is 9.38. The van der Waals surface area contributed by atoms with Gasteiger partial charge in [-0.3, -0.25) is 9.78 Å². The number of halogens is 1. The van der Waals surface area contributed by atoms with E-state index in [1.165, 1.54) is 12.3 Å². The molecular weight excluding hydrogens is 332 g/mol. The summed E-state index contributed by atoms with van der Waals surface area (Å²) in [6, 6.07) is 1.69. The molecule has 1 fully saturated rings. The molecule has 0 aromatic carbocycles. The van der Waals surface area contributed by atoms with Crippen LogP contribution in [0.4, 0.5) is 0 Å². The Hall–Kier alpha value is -2.38. The minimum absolute atomic E-state index is 0.0673. The number of imidazole rings is 1. The minimum atomic E-state index is -0.192. The molecule has 1 aliphatic heterocycles. The first-order valence-electron chi connectivity index (χ1n) is 7.51. The van der Waals surface area contributed by atoms with Crippen molar-refractivity contribution >= 4 is 23.6 Å². The van der Waals surface area contributed by atoms with Gasteiger partial charge in [0.05, 0.1) is 42.6 Å². The highest BCUT2D eigenvalue weighted by molar-refractivity contribution is 6.30. The Bertz CT molecular complexity index is 705. The van der Waals surface area contributed by atoms with Crippen LogP contribution < -0.4 is 4.74 Å². The molecule has 0 saturated carbocycles. The van der Waals surface area contributed by atoms with E-state index in [2.05, 4.69) is 15.0 Å². The van der Waals surface area contributed by atoms with Crippen molar-refractivity contribution in [3.05, 3.63) is 47.8 Å². The fraction of sp³-hybridized carbons (Fsp3) is 0.312. The van der Waals surface area contributed by atoms with Crippen LogP contribution in [0.2, 0.25) is 5.02 Å². The molecule has 1 unspecified atom stereocenters. The number of H-pyrrole nitrogens is 1. The van der Waals surface area contributed by atoms with Gasteiger partial charge < -0.3 is 19.4 Å². The van der Waals surface area contributed by atoms with Gasteiger partial charge in [-0.1, -0.05) is 11.6 Å². The quantitative estimate of drug-likeness (QED) is 0.833. The summed E-state index contributed by atoms with van der Waals surface area (Å²) in [5.74, 6) is 0.510. The maximum absolute atomic E-state index is 12.2. The van der Waals surface area contributed by atoms with Crippen LogP contribution in [0.15, 0.2) is 37.1 Å². The van der Waals surface area contributed by atoms with Gasteiger partial charge in [0.1, 0.15) is 18.5 Å². The van der Waals surface area contributed by atoms with Crippen molar-refractivity contribution in [2.45, 2.75) is 6.10 Å². The van der Waals surface area contributed by atoms with Crippen LogP contribution in [0.5, 0.6) is 5.75 Å². The van der Waals surface area contributed by atoms with Gasteiger partial charge >= 0.3 is 0 Å². The molecule has 1 N–H and O–H groups in total. The van der Waals surface area contributed by atoms with E-state index >= 15 is 0 Å². The fourth-order valence-electron chi connectivity index (χ4n) is 2.31. The lowest BCUT2D eigenvalue weighted by Crippen LogP contribution is -2.47. The minimum Gasteiger partial charge on any atom is -0.489 e. The number of pyridine rings is 1. The number of carbonyl (C=O) groups is 1. The number of nitrogens with one attached hydrogen (secondary N) is 1. The first kappa shape index (κ1) is 16.5. The smallest absolute Gasteiger partial charge is 0.246 e. The second kappa shape index (κ2) is 7.94. The number of morpholine rings is 1.